The van der Waals surface area contributed by atoms with Crippen molar-refractivity contribution in [2.75, 3.05) is 44.6 Å². The van der Waals surface area contributed by atoms with Crippen LogP contribution in [0.5, 0.6) is 0 Å². The van der Waals surface area contributed by atoms with E-state index in [1.165, 1.54) is 17.7 Å². The maximum Gasteiger partial charge on any atom is 0.270 e. The van der Waals surface area contributed by atoms with Crippen LogP contribution in [0.25, 0.3) is 0 Å². The van der Waals surface area contributed by atoms with Crippen LogP contribution in [0.15, 0.2) is 53.4 Å². The lowest BCUT2D eigenvalue weighted by molar-refractivity contribution is -0.385. The van der Waals surface area contributed by atoms with E-state index in [-0.39, 0.29) is 16.3 Å². The molecule has 9 nitrogen and oxygen atoms in total. The van der Waals surface area contributed by atoms with Gasteiger partial charge in [-0.25, -0.2) is 13.6 Å². The number of nitro groups is 1. The van der Waals surface area contributed by atoms with Gasteiger partial charge in [0.05, 0.1) is 10.6 Å². The number of nitrogens with one attached hydrogen (secondary N) is 1. The summed E-state index contributed by atoms with van der Waals surface area (Å²) >= 11 is 0. The fraction of sp³-hybridized carbons (Fsp3) is 0.368. The molecule has 1 heterocycles. The van der Waals surface area contributed by atoms with E-state index in [2.05, 4.69) is 27.2 Å². The Morgan fingerprint density at radius 3 is 2.31 bits per heavy atom. The average molecular weight is 420 g/mol. The molecule has 2 aromatic rings. The molecule has 10 heteroatoms. The highest BCUT2D eigenvalue weighted by Crippen LogP contribution is 2.25. The van der Waals surface area contributed by atoms with Gasteiger partial charge < -0.3 is 5.32 Å². The molecule has 0 unspecified atom stereocenters. The van der Waals surface area contributed by atoms with Crippen molar-refractivity contribution in [3.63, 3.8) is 0 Å². The first-order valence-corrected chi connectivity index (χ1v) is 10.9. The van der Waals surface area contributed by atoms with Crippen molar-refractivity contribution in [3.8, 4) is 0 Å². The Kier molecular flexibility index (Phi) is 6.80. The van der Waals surface area contributed by atoms with E-state index in [1.54, 1.807) is 0 Å². The number of hydrogen-bond donors (Lipinski definition) is 2. The first-order valence-electron chi connectivity index (χ1n) is 9.37. The van der Waals surface area contributed by atoms with Gasteiger partial charge in [-0.3, -0.25) is 19.9 Å². The summed E-state index contributed by atoms with van der Waals surface area (Å²) in [6.07, 6.45) is 0. The van der Waals surface area contributed by atoms with E-state index in [0.717, 1.165) is 45.3 Å². The van der Waals surface area contributed by atoms with Crippen molar-refractivity contribution in [1.82, 2.24) is 9.80 Å². The molecule has 156 valence electrons. The summed E-state index contributed by atoms with van der Waals surface area (Å²) in [5.74, 6) is 0. The molecule has 1 aliphatic heterocycles. The van der Waals surface area contributed by atoms with Gasteiger partial charge in [-0.2, -0.15) is 0 Å². The third-order valence-corrected chi connectivity index (χ3v) is 5.89. The van der Waals surface area contributed by atoms with Gasteiger partial charge in [0, 0.05) is 57.9 Å². The van der Waals surface area contributed by atoms with Crippen molar-refractivity contribution < 1.29 is 13.3 Å². The van der Waals surface area contributed by atoms with Gasteiger partial charge in [0.1, 0.15) is 4.90 Å². The molecule has 3 rings (SSSR count). The molecule has 0 radical (unpaired) electrons. The average Bonchev–Trinajstić information content (AvgIpc) is 2.69. The minimum Gasteiger partial charge on any atom is -0.383 e. The second-order valence-corrected chi connectivity index (χ2v) is 8.54. The van der Waals surface area contributed by atoms with E-state index < -0.39 is 14.9 Å². The van der Waals surface area contributed by atoms with Gasteiger partial charge in [0.15, 0.2) is 0 Å². The van der Waals surface area contributed by atoms with Crippen LogP contribution in [0.2, 0.25) is 0 Å². The Hall–Kier alpha value is -2.53. The lowest BCUT2D eigenvalue weighted by Gasteiger charge is -2.34. The third-order valence-electron chi connectivity index (χ3n) is 4.94. The molecular weight excluding hydrogens is 394 g/mol. The first-order chi connectivity index (χ1) is 13.8. The Labute approximate surface area is 170 Å². The fourth-order valence-electron chi connectivity index (χ4n) is 3.37. The number of piperazine rings is 1. The van der Waals surface area contributed by atoms with Crippen molar-refractivity contribution in [1.29, 1.82) is 0 Å². The molecule has 3 N–H and O–H groups in total. The van der Waals surface area contributed by atoms with Gasteiger partial charge in [-0.15, -0.1) is 0 Å². The number of sulfonamides is 1. The largest absolute Gasteiger partial charge is 0.383 e. The Bertz CT molecular complexity index is 944. The zero-order chi connectivity index (χ0) is 20.9. The molecule has 1 fully saturated rings. The number of nitro benzene ring substituents is 1. The van der Waals surface area contributed by atoms with E-state index in [1.807, 2.05) is 18.2 Å². The molecule has 1 saturated heterocycles. The number of primary sulfonamides is 1. The van der Waals surface area contributed by atoms with Gasteiger partial charge in [0.2, 0.25) is 10.0 Å². The summed E-state index contributed by atoms with van der Waals surface area (Å²) in [6.45, 7) is 5.98. The summed E-state index contributed by atoms with van der Waals surface area (Å²) in [5, 5.41) is 19.2. The minimum atomic E-state index is -4.07. The third kappa shape index (κ3) is 5.97. The molecule has 2 aromatic carbocycles. The van der Waals surface area contributed by atoms with E-state index in [4.69, 9.17) is 5.14 Å². The lowest BCUT2D eigenvalue weighted by atomic mass is 10.2. The monoisotopic (exact) mass is 419 g/mol. The number of hydrogen-bond acceptors (Lipinski definition) is 7. The van der Waals surface area contributed by atoms with Crippen LogP contribution in [0.1, 0.15) is 5.56 Å². The quantitative estimate of drug-likeness (QED) is 0.491. The Morgan fingerprint density at radius 1 is 1.03 bits per heavy atom. The molecule has 0 amide bonds. The van der Waals surface area contributed by atoms with Gasteiger partial charge in [-0.1, -0.05) is 30.3 Å². The minimum absolute atomic E-state index is 0.264. The fourth-order valence-corrected chi connectivity index (χ4v) is 4.10. The highest BCUT2D eigenvalue weighted by Gasteiger charge is 2.20. The van der Waals surface area contributed by atoms with Crippen LogP contribution in [-0.4, -0.2) is 62.4 Å². The summed E-state index contributed by atoms with van der Waals surface area (Å²) in [7, 11) is -4.07. The topological polar surface area (TPSA) is 122 Å². The summed E-state index contributed by atoms with van der Waals surface area (Å²) < 4.78 is 23.6. The van der Waals surface area contributed by atoms with Crippen LogP contribution in [-0.2, 0) is 16.6 Å². The lowest BCUT2D eigenvalue weighted by Crippen LogP contribution is -2.47. The summed E-state index contributed by atoms with van der Waals surface area (Å²) in [4.78, 5) is 14.7. The maximum atomic E-state index is 11.8. The smallest absolute Gasteiger partial charge is 0.270 e. The molecule has 0 aliphatic carbocycles. The number of benzene rings is 2. The van der Waals surface area contributed by atoms with Gasteiger partial charge in [-0.05, 0) is 11.6 Å². The van der Waals surface area contributed by atoms with Crippen LogP contribution in [0.3, 0.4) is 0 Å². The number of nitrogens with two attached hydrogens (primary N) is 1. The van der Waals surface area contributed by atoms with Crippen molar-refractivity contribution in [2.45, 2.75) is 11.4 Å². The zero-order valence-electron chi connectivity index (χ0n) is 16.0. The molecule has 1 aliphatic rings. The summed E-state index contributed by atoms with van der Waals surface area (Å²) in [5.41, 5.74) is 1.27. The molecular formula is C19H25N5O4S. The van der Waals surface area contributed by atoms with Crippen molar-refractivity contribution in [3.05, 3.63) is 64.2 Å². The predicted molar refractivity (Wildman–Crippen MR) is 111 cm³/mol. The second kappa shape index (κ2) is 9.31. The predicted octanol–water partition coefficient (Wildman–Crippen LogP) is 1.47. The first kappa shape index (κ1) is 21.2. The Balaban J connectivity index is 1.50. The highest BCUT2D eigenvalue weighted by molar-refractivity contribution is 7.89. The molecule has 0 bridgehead atoms. The molecule has 0 aromatic heterocycles. The molecule has 0 saturated carbocycles. The van der Waals surface area contributed by atoms with Gasteiger partial charge >= 0.3 is 0 Å². The second-order valence-electron chi connectivity index (χ2n) is 7.01. The van der Waals surface area contributed by atoms with E-state index in [0.29, 0.717) is 6.54 Å². The SMILES string of the molecule is NS(=O)(=O)c1cc([N+](=O)[O-])ccc1NCCN1CCN(Cc2ccccc2)CC1. The number of nitrogens with zero attached hydrogens (tertiary/aromatic N) is 3. The van der Waals surface area contributed by atoms with E-state index >= 15 is 0 Å². The van der Waals surface area contributed by atoms with Crippen LogP contribution < -0.4 is 10.5 Å². The molecule has 0 atom stereocenters. The van der Waals surface area contributed by atoms with Crippen molar-refractivity contribution >= 4 is 21.4 Å². The number of rotatable bonds is 8. The molecule has 29 heavy (non-hydrogen) atoms. The Morgan fingerprint density at radius 2 is 1.69 bits per heavy atom. The van der Waals surface area contributed by atoms with Crippen LogP contribution in [0.4, 0.5) is 11.4 Å². The maximum absolute atomic E-state index is 11.8. The summed E-state index contributed by atoms with van der Waals surface area (Å²) in [6, 6.07) is 14.0. The number of non-ortho nitro benzene ring substituents is 1. The number of anilines is 1. The van der Waals surface area contributed by atoms with Gasteiger partial charge in [0.25, 0.3) is 5.69 Å². The standard InChI is InChI=1S/C19H25N5O4S/c20-29(27,28)19-14-17(24(25)26)6-7-18(19)21-8-9-22-10-12-23(13-11-22)15-16-4-2-1-3-5-16/h1-7,14,21H,8-13,15H2,(H2,20,27,28). The normalized spacial score (nSPS) is 15.9. The van der Waals surface area contributed by atoms with Crippen LogP contribution >= 0.6 is 0 Å². The zero-order valence-corrected chi connectivity index (χ0v) is 16.8. The van der Waals surface area contributed by atoms with Crippen molar-refractivity contribution in [2.24, 2.45) is 5.14 Å². The highest BCUT2D eigenvalue weighted by atomic mass is 32.2. The van der Waals surface area contributed by atoms with Crippen LogP contribution in [0, 0.1) is 10.1 Å². The van der Waals surface area contributed by atoms with E-state index in [9.17, 15) is 18.5 Å². The molecule has 0 spiro atoms.